The molecule has 0 bridgehead atoms. The first-order valence-electron chi connectivity index (χ1n) is 5.76. The Hall–Kier alpha value is -1.02. The van der Waals surface area contributed by atoms with E-state index in [0.717, 1.165) is 19.6 Å². The van der Waals surface area contributed by atoms with Crippen LogP contribution in [0, 0.1) is 0 Å². The molecule has 0 saturated heterocycles. The summed E-state index contributed by atoms with van der Waals surface area (Å²) in [5, 5.41) is 9.18. The summed E-state index contributed by atoms with van der Waals surface area (Å²) in [6.07, 6.45) is 2.50. The average molecular weight is 207 g/mol. The van der Waals surface area contributed by atoms with Crippen LogP contribution < -0.4 is 0 Å². The minimum absolute atomic E-state index is 0.343. The normalized spacial score (nSPS) is 10.9. The number of hydrogen-bond acceptors (Lipinski definition) is 2. The summed E-state index contributed by atoms with van der Waals surface area (Å²) in [5.74, 6) is 0.343. The molecule has 1 aromatic carbocycles. The summed E-state index contributed by atoms with van der Waals surface area (Å²) in [6, 6.07) is 7.49. The molecule has 2 nitrogen and oxygen atoms in total. The molecule has 0 heterocycles. The molecule has 0 aliphatic rings. The summed E-state index contributed by atoms with van der Waals surface area (Å²) in [5.41, 5.74) is 1.27. The Bertz CT molecular complexity index is 268. The lowest BCUT2D eigenvalue weighted by Gasteiger charge is -2.20. The third-order valence-corrected chi connectivity index (χ3v) is 2.62. The monoisotopic (exact) mass is 207 g/mol. The van der Waals surface area contributed by atoms with Gasteiger partial charge < -0.3 is 5.11 Å². The Morgan fingerprint density at radius 3 is 2.33 bits per heavy atom. The third kappa shape index (κ3) is 4.34. The van der Waals surface area contributed by atoms with Crippen LogP contribution in [0.5, 0.6) is 5.75 Å². The minimum Gasteiger partial charge on any atom is -0.508 e. The maximum absolute atomic E-state index is 9.18. The van der Waals surface area contributed by atoms with Gasteiger partial charge in [-0.15, -0.1) is 0 Å². The summed E-state index contributed by atoms with van der Waals surface area (Å²) >= 11 is 0. The van der Waals surface area contributed by atoms with Gasteiger partial charge in [0, 0.05) is 6.54 Å². The van der Waals surface area contributed by atoms with Crippen molar-refractivity contribution >= 4 is 0 Å². The quantitative estimate of drug-likeness (QED) is 0.775. The van der Waals surface area contributed by atoms with Crippen molar-refractivity contribution in [3.05, 3.63) is 29.8 Å². The molecule has 15 heavy (non-hydrogen) atoms. The van der Waals surface area contributed by atoms with Crippen LogP contribution in [0.4, 0.5) is 0 Å². The predicted molar refractivity (Wildman–Crippen MR) is 64.0 cm³/mol. The highest BCUT2D eigenvalue weighted by Gasteiger charge is 2.02. The van der Waals surface area contributed by atoms with Crippen LogP contribution in [0.3, 0.4) is 0 Å². The van der Waals surface area contributed by atoms with E-state index >= 15 is 0 Å². The zero-order valence-electron chi connectivity index (χ0n) is 9.74. The number of phenolic OH excluding ortho intramolecular Hbond substituents is 1. The van der Waals surface area contributed by atoms with Crippen molar-refractivity contribution < 1.29 is 5.11 Å². The molecule has 2 heteroatoms. The summed E-state index contributed by atoms with van der Waals surface area (Å²) in [6.45, 7) is 7.63. The molecule has 0 radical (unpaired) electrons. The number of rotatable bonds is 6. The SMILES string of the molecule is CCCCN(CC)Cc1ccc(O)cc1. The van der Waals surface area contributed by atoms with Crippen molar-refractivity contribution in [1.82, 2.24) is 4.90 Å². The molecule has 1 aromatic rings. The molecule has 0 aliphatic carbocycles. The van der Waals surface area contributed by atoms with Crippen LogP contribution in [0.25, 0.3) is 0 Å². The van der Waals surface area contributed by atoms with E-state index in [1.54, 1.807) is 12.1 Å². The number of phenols is 1. The number of unbranched alkanes of at least 4 members (excludes halogenated alkanes) is 1. The molecule has 0 aromatic heterocycles. The van der Waals surface area contributed by atoms with Gasteiger partial charge in [0.1, 0.15) is 5.75 Å². The van der Waals surface area contributed by atoms with Crippen molar-refractivity contribution in [3.63, 3.8) is 0 Å². The summed E-state index contributed by atoms with van der Waals surface area (Å²) < 4.78 is 0. The van der Waals surface area contributed by atoms with Crippen LogP contribution in [0.15, 0.2) is 24.3 Å². The minimum atomic E-state index is 0.343. The molecule has 1 N–H and O–H groups in total. The van der Waals surface area contributed by atoms with Crippen molar-refractivity contribution in [1.29, 1.82) is 0 Å². The molecule has 84 valence electrons. The second-order valence-electron chi connectivity index (χ2n) is 3.89. The van der Waals surface area contributed by atoms with Crippen molar-refractivity contribution in [2.75, 3.05) is 13.1 Å². The molecule has 0 fully saturated rings. The summed E-state index contributed by atoms with van der Waals surface area (Å²) in [4.78, 5) is 2.43. The second-order valence-corrected chi connectivity index (χ2v) is 3.89. The molecule has 0 saturated carbocycles. The van der Waals surface area contributed by atoms with Crippen LogP contribution in [-0.4, -0.2) is 23.1 Å². The molecule has 0 atom stereocenters. The highest BCUT2D eigenvalue weighted by molar-refractivity contribution is 5.25. The highest BCUT2D eigenvalue weighted by Crippen LogP contribution is 2.11. The molecule has 0 aliphatic heterocycles. The van der Waals surface area contributed by atoms with Crippen molar-refractivity contribution in [2.45, 2.75) is 33.2 Å². The number of benzene rings is 1. The zero-order valence-corrected chi connectivity index (χ0v) is 9.74. The first kappa shape index (κ1) is 12.1. The van der Waals surface area contributed by atoms with Gasteiger partial charge in [-0.3, -0.25) is 4.90 Å². The Morgan fingerprint density at radius 1 is 1.13 bits per heavy atom. The number of aromatic hydroxyl groups is 1. The standard InChI is InChI=1S/C13H21NO/c1-3-5-10-14(4-2)11-12-6-8-13(15)9-7-12/h6-9,15H,3-5,10-11H2,1-2H3. The fourth-order valence-electron chi connectivity index (χ4n) is 1.59. The van der Waals surface area contributed by atoms with E-state index in [2.05, 4.69) is 18.7 Å². The van der Waals surface area contributed by atoms with Crippen LogP contribution in [0.1, 0.15) is 32.3 Å². The third-order valence-electron chi connectivity index (χ3n) is 2.62. The molecular weight excluding hydrogens is 186 g/mol. The highest BCUT2D eigenvalue weighted by atomic mass is 16.3. The maximum atomic E-state index is 9.18. The Balaban J connectivity index is 2.47. The predicted octanol–water partition coefficient (Wildman–Crippen LogP) is 3.01. The van der Waals surface area contributed by atoms with Gasteiger partial charge in [0.2, 0.25) is 0 Å². The average Bonchev–Trinajstić information content (AvgIpc) is 2.27. The van der Waals surface area contributed by atoms with E-state index in [1.165, 1.54) is 18.4 Å². The second kappa shape index (κ2) is 6.46. The largest absolute Gasteiger partial charge is 0.508 e. The van der Waals surface area contributed by atoms with Gasteiger partial charge in [0.25, 0.3) is 0 Å². The number of nitrogens with zero attached hydrogens (tertiary/aromatic N) is 1. The fourth-order valence-corrected chi connectivity index (χ4v) is 1.59. The van der Waals surface area contributed by atoms with Gasteiger partial charge in [0.05, 0.1) is 0 Å². The van der Waals surface area contributed by atoms with E-state index < -0.39 is 0 Å². The van der Waals surface area contributed by atoms with E-state index in [9.17, 15) is 5.11 Å². The van der Waals surface area contributed by atoms with Crippen LogP contribution in [-0.2, 0) is 6.54 Å². The van der Waals surface area contributed by atoms with E-state index in [0.29, 0.717) is 5.75 Å². The van der Waals surface area contributed by atoms with Gasteiger partial charge in [-0.1, -0.05) is 32.4 Å². The zero-order chi connectivity index (χ0) is 11.1. The lowest BCUT2D eigenvalue weighted by Crippen LogP contribution is -2.23. The van der Waals surface area contributed by atoms with Gasteiger partial charge in [0.15, 0.2) is 0 Å². The van der Waals surface area contributed by atoms with Crippen molar-refractivity contribution in [3.8, 4) is 5.75 Å². The van der Waals surface area contributed by atoms with Gasteiger partial charge in [-0.05, 0) is 37.2 Å². The first-order chi connectivity index (χ1) is 7.26. The van der Waals surface area contributed by atoms with E-state index in [4.69, 9.17) is 0 Å². The Labute approximate surface area is 92.5 Å². The molecular formula is C13H21NO. The van der Waals surface area contributed by atoms with E-state index in [1.807, 2.05) is 12.1 Å². The topological polar surface area (TPSA) is 23.5 Å². The Morgan fingerprint density at radius 2 is 1.80 bits per heavy atom. The lowest BCUT2D eigenvalue weighted by molar-refractivity contribution is 0.275. The smallest absolute Gasteiger partial charge is 0.115 e. The number of hydrogen-bond donors (Lipinski definition) is 1. The lowest BCUT2D eigenvalue weighted by atomic mass is 10.2. The maximum Gasteiger partial charge on any atom is 0.115 e. The summed E-state index contributed by atoms with van der Waals surface area (Å²) in [7, 11) is 0. The van der Waals surface area contributed by atoms with Gasteiger partial charge in [-0.25, -0.2) is 0 Å². The molecule has 1 rings (SSSR count). The molecule has 0 unspecified atom stereocenters. The van der Waals surface area contributed by atoms with Gasteiger partial charge >= 0.3 is 0 Å². The Kier molecular flexibility index (Phi) is 5.19. The first-order valence-corrected chi connectivity index (χ1v) is 5.76. The van der Waals surface area contributed by atoms with Crippen molar-refractivity contribution in [2.24, 2.45) is 0 Å². The van der Waals surface area contributed by atoms with Gasteiger partial charge in [-0.2, -0.15) is 0 Å². The molecule has 0 spiro atoms. The van der Waals surface area contributed by atoms with Crippen LogP contribution in [0.2, 0.25) is 0 Å². The van der Waals surface area contributed by atoms with Crippen LogP contribution >= 0.6 is 0 Å². The molecule has 0 amide bonds. The van der Waals surface area contributed by atoms with E-state index in [-0.39, 0.29) is 0 Å². The fraction of sp³-hybridized carbons (Fsp3) is 0.538.